The van der Waals surface area contributed by atoms with E-state index in [1.165, 1.54) is 5.57 Å². The third kappa shape index (κ3) is 4.71. The average molecular weight is 288 g/mol. The fourth-order valence-corrected chi connectivity index (χ4v) is 2.27. The molecule has 1 fully saturated rings. The Kier molecular flexibility index (Phi) is 4.84. The molecule has 21 heavy (non-hydrogen) atoms. The summed E-state index contributed by atoms with van der Waals surface area (Å²) in [5.41, 5.74) is 2.11. The quantitative estimate of drug-likeness (QED) is 0.429. The minimum Gasteiger partial charge on any atom is -0.490 e. The number of ether oxygens (including phenoxy) is 2. The maximum Gasteiger partial charge on any atom is 0.159 e. The Morgan fingerprint density at radius 2 is 1.90 bits per heavy atom. The van der Waals surface area contributed by atoms with Crippen LogP contribution in [-0.2, 0) is 4.74 Å². The highest BCUT2D eigenvalue weighted by atomic mass is 16.6. The molecule has 0 amide bonds. The van der Waals surface area contributed by atoms with Crippen LogP contribution in [0.2, 0.25) is 0 Å². The van der Waals surface area contributed by atoms with Gasteiger partial charge in [0, 0.05) is 5.56 Å². The highest BCUT2D eigenvalue weighted by Gasteiger charge is 2.46. The van der Waals surface area contributed by atoms with Crippen molar-refractivity contribution >= 4 is 5.78 Å². The largest absolute Gasteiger partial charge is 0.490 e. The minimum absolute atomic E-state index is 0.0718. The molecule has 1 unspecified atom stereocenters. The monoisotopic (exact) mass is 288 g/mol. The van der Waals surface area contributed by atoms with Gasteiger partial charge in [-0.25, -0.2) is 0 Å². The van der Waals surface area contributed by atoms with E-state index in [0.717, 1.165) is 18.6 Å². The Balaban J connectivity index is 1.72. The SMILES string of the molecule is CC(=O)c1ccc(OC/C=C(\C)CCC2OC2(C)C)cc1. The predicted molar refractivity (Wildman–Crippen MR) is 83.9 cm³/mol. The number of ketones is 1. The van der Waals surface area contributed by atoms with Crippen LogP contribution in [0, 0.1) is 0 Å². The first-order chi connectivity index (χ1) is 9.88. The van der Waals surface area contributed by atoms with Crippen LogP contribution in [0.5, 0.6) is 5.75 Å². The Morgan fingerprint density at radius 3 is 2.43 bits per heavy atom. The van der Waals surface area contributed by atoms with E-state index in [4.69, 9.17) is 9.47 Å². The number of rotatable bonds is 7. The van der Waals surface area contributed by atoms with Crippen LogP contribution in [-0.4, -0.2) is 24.1 Å². The van der Waals surface area contributed by atoms with E-state index in [1.54, 1.807) is 19.1 Å². The van der Waals surface area contributed by atoms with Gasteiger partial charge in [-0.3, -0.25) is 4.79 Å². The molecule has 0 bridgehead atoms. The van der Waals surface area contributed by atoms with Crippen LogP contribution < -0.4 is 4.74 Å². The molecule has 3 heteroatoms. The van der Waals surface area contributed by atoms with Gasteiger partial charge in [0.1, 0.15) is 12.4 Å². The molecule has 1 heterocycles. The minimum atomic E-state index is 0.0718. The summed E-state index contributed by atoms with van der Waals surface area (Å²) in [4.78, 5) is 11.2. The van der Waals surface area contributed by atoms with Gasteiger partial charge in [-0.15, -0.1) is 0 Å². The number of benzene rings is 1. The van der Waals surface area contributed by atoms with Crippen molar-refractivity contribution in [3.05, 3.63) is 41.5 Å². The molecule has 1 aliphatic heterocycles. The number of hydrogen-bond donors (Lipinski definition) is 0. The molecule has 0 radical (unpaired) electrons. The second-order valence-electron chi connectivity index (χ2n) is 6.19. The van der Waals surface area contributed by atoms with Gasteiger partial charge in [0.25, 0.3) is 0 Å². The van der Waals surface area contributed by atoms with Crippen molar-refractivity contribution in [1.29, 1.82) is 0 Å². The van der Waals surface area contributed by atoms with E-state index in [1.807, 2.05) is 12.1 Å². The summed E-state index contributed by atoms with van der Waals surface area (Å²) in [6.07, 6.45) is 4.62. The summed E-state index contributed by atoms with van der Waals surface area (Å²) in [6, 6.07) is 7.25. The number of carbonyl (C=O) groups is 1. The zero-order valence-electron chi connectivity index (χ0n) is 13.3. The molecule has 1 saturated heterocycles. The lowest BCUT2D eigenvalue weighted by atomic mass is 10.0. The molecular weight excluding hydrogens is 264 g/mol. The summed E-state index contributed by atoms with van der Waals surface area (Å²) in [6.45, 7) is 8.50. The topological polar surface area (TPSA) is 38.8 Å². The molecule has 1 aromatic rings. The van der Waals surface area contributed by atoms with Gasteiger partial charge in [0.15, 0.2) is 5.78 Å². The number of hydrogen-bond acceptors (Lipinski definition) is 3. The Bertz CT molecular complexity index is 526. The van der Waals surface area contributed by atoms with E-state index in [9.17, 15) is 4.79 Å². The first-order valence-electron chi connectivity index (χ1n) is 7.46. The molecule has 3 nitrogen and oxygen atoms in total. The van der Waals surface area contributed by atoms with E-state index >= 15 is 0 Å². The zero-order valence-corrected chi connectivity index (χ0v) is 13.3. The highest BCUT2D eigenvalue weighted by molar-refractivity contribution is 5.94. The van der Waals surface area contributed by atoms with Crippen LogP contribution in [0.4, 0.5) is 0 Å². The van der Waals surface area contributed by atoms with Crippen molar-refractivity contribution in [1.82, 2.24) is 0 Å². The summed E-state index contributed by atoms with van der Waals surface area (Å²) in [5, 5.41) is 0. The maximum atomic E-state index is 11.2. The Hall–Kier alpha value is -1.61. The summed E-state index contributed by atoms with van der Waals surface area (Å²) in [5.74, 6) is 0.859. The van der Waals surface area contributed by atoms with E-state index in [-0.39, 0.29) is 11.4 Å². The van der Waals surface area contributed by atoms with Crippen molar-refractivity contribution < 1.29 is 14.3 Å². The van der Waals surface area contributed by atoms with E-state index < -0.39 is 0 Å². The normalized spacial score (nSPS) is 20.2. The Morgan fingerprint density at radius 1 is 1.29 bits per heavy atom. The lowest BCUT2D eigenvalue weighted by molar-refractivity contribution is 0.101. The summed E-state index contributed by atoms with van der Waals surface area (Å²) < 4.78 is 11.2. The molecule has 2 rings (SSSR count). The molecule has 1 aromatic carbocycles. The van der Waals surface area contributed by atoms with Crippen LogP contribution in [0.1, 0.15) is 50.9 Å². The molecule has 0 spiro atoms. The standard InChI is InChI=1S/C18H24O3/c1-13(5-10-17-18(3,4)21-17)11-12-20-16-8-6-15(7-9-16)14(2)19/h6-9,11,17H,5,10,12H2,1-4H3/b13-11+. The van der Waals surface area contributed by atoms with Crippen LogP contribution in [0.15, 0.2) is 35.9 Å². The maximum absolute atomic E-state index is 11.2. The third-order valence-corrected chi connectivity index (χ3v) is 3.91. The summed E-state index contributed by atoms with van der Waals surface area (Å²) >= 11 is 0. The predicted octanol–water partition coefficient (Wildman–Crippen LogP) is 4.17. The Labute approximate surface area is 127 Å². The third-order valence-electron chi connectivity index (χ3n) is 3.91. The van der Waals surface area contributed by atoms with Crippen molar-refractivity contribution in [3.63, 3.8) is 0 Å². The number of allylic oxidation sites excluding steroid dienone is 1. The molecular formula is C18H24O3. The molecule has 0 aliphatic carbocycles. The van der Waals surface area contributed by atoms with E-state index in [2.05, 4.69) is 26.8 Å². The van der Waals surface area contributed by atoms with E-state index in [0.29, 0.717) is 18.3 Å². The zero-order chi connectivity index (χ0) is 15.5. The number of epoxide rings is 1. The number of carbonyl (C=O) groups excluding carboxylic acids is 1. The van der Waals surface area contributed by atoms with Gasteiger partial charge < -0.3 is 9.47 Å². The lowest BCUT2D eigenvalue weighted by Crippen LogP contribution is -2.03. The fourth-order valence-electron chi connectivity index (χ4n) is 2.27. The fraction of sp³-hybridized carbons (Fsp3) is 0.500. The molecule has 1 aliphatic rings. The molecule has 0 N–H and O–H groups in total. The summed E-state index contributed by atoms with van der Waals surface area (Å²) in [7, 11) is 0. The average Bonchev–Trinajstić information content (AvgIpc) is 3.04. The van der Waals surface area contributed by atoms with Crippen molar-refractivity contribution in [2.75, 3.05) is 6.61 Å². The van der Waals surface area contributed by atoms with Crippen LogP contribution in [0.3, 0.4) is 0 Å². The molecule has 0 saturated carbocycles. The van der Waals surface area contributed by atoms with Crippen molar-refractivity contribution in [3.8, 4) is 5.75 Å². The van der Waals surface area contributed by atoms with Crippen LogP contribution in [0.25, 0.3) is 0 Å². The van der Waals surface area contributed by atoms with Crippen molar-refractivity contribution in [2.45, 2.75) is 52.2 Å². The molecule has 0 aromatic heterocycles. The first kappa shape index (κ1) is 15.8. The van der Waals surface area contributed by atoms with Gasteiger partial charge in [-0.1, -0.05) is 5.57 Å². The smallest absolute Gasteiger partial charge is 0.159 e. The van der Waals surface area contributed by atoms with Gasteiger partial charge in [0.2, 0.25) is 0 Å². The second-order valence-corrected chi connectivity index (χ2v) is 6.19. The van der Waals surface area contributed by atoms with Crippen molar-refractivity contribution in [2.24, 2.45) is 0 Å². The lowest BCUT2D eigenvalue weighted by Gasteiger charge is -2.05. The number of Topliss-reactive ketones (excluding diaryl/α,β-unsaturated/α-hetero) is 1. The van der Waals surface area contributed by atoms with Gasteiger partial charge in [-0.2, -0.15) is 0 Å². The second kappa shape index (κ2) is 6.44. The van der Waals surface area contributed by atoms with Gasteiger partial charge >= 0.3 is 0 Å². The highest BCUT2D eigenvalue weighted by Crippen LogP contribution is 2.38. The van der Waals surface area contributed by atoms with Crippen LogP contribution >= 0.6 is 0 Å². The first-order valence-corrected chi connectivity index (χ1v) is 7.46. The molecule has 114 valence electrons. The van der Waals surface area contributed by atoms with Gasteiger partial charge in [0.05, 0.1) is 11.7 Å². The van der Waals surface area contributed by atoms with Gasteiger partial charge in [-0.05, 0) is 70.9 Å². The molecule has 1 atom stereocenters.